The lowest BCUT2D eigenvalue weighted by Gasteiger charge is -2.43. The lowest BCUT2D eigenvalue weighted by atomic mass is 9.68. The summed E-state index contributed by atoms with van der Waals surface area (Å²) in [5.41, 5.74) is 2.28. The first-order valence-electron chi connectivity index (χ1n) is 12.2. The number of aryl methyl sites for hydroxylation is 1. The number of aliphatic carboxylic acids is 1. The first kappa shape index (κ1) is 23.0. The highest BCUT2D eigenvalue weighted by Crippen LogP contribution is 2.68. The molecule has 0 spiro atoms. The molecule has 2 aromatic rings. The van der Waals surface area contributed by atoms with Gasteiger partial charge in [0.2, 0.25) is 11.8 Å². The van der Waals surface area contributed by atoms with Crippen LogP contribution in [0.15, 0.2) is 34.1 Å². The number of nitrogens with zero attached hydrogens (tertiary/aromatic N) is 1. The zero-order valence-electron chi connectivity index (χ0n) is 19.8. The van der Waals surface area contributed by atoms with Crippen molar-refractivity contribution in [3.8, 4) is 0 Å². The van der Waals surface area contributed by atoms with E-state index in [0.717, 1.165) is 32.4 Å². The van der Waals surface area contributed by atoms with Gasteiger partial charge in [0.15, 0.2) is 0 Å². The Balaban J connectivity index is 1.42. The fraction of sp³-hybridized carbons (Fsp3) is 0.538. The Morgan fingerprint density at radius 1 is 1.11 bits per heavy atom. The maximum atomic E-state index is 13.7. The number of hydrogen-bond acceptors (Lipinski definition) is 6. The summed E-state index contributed by atoms with van der Waals surface area (Å²) in [5, 5.41) is 10.9. The molecule has 2 aliphatic carbocycles. The van der Waals surface area contributed by atoms with Crippen LogP contribution in [0.5, 0.6) is 0 Å². The molecule has 2 amide bonds. The SMILES string of the molecule is Cc1ccc([C@H]2c3sc(=O)[nH]c3S[C@@H]3[C@@H]4C[C@@H]([C@@H]5C(=O)N([C@@H](CC(C)C)C(=O)O)C(=O)[C@@H]45)[C@H]23)cc1. The van der Waals surface area contributed by atoms with Crippen LogP contribution in [0.25, 0.3) is 0 Å². The molecule has 2 bridgehead atoms. The van der Waals surface area contributed by atoms with Crippen LogP contribution < -0.4 is 4.87 Å². The summed E-state index contributed by atoms with van der Waals surface area (Å²) in [5.74, 6) is -2.50. The van der Waals surface area contributed by atoms with E-state index in [4.69, 9.17) is 0 Å². The number of carboxylic acids is 1. The number of thiazole rings is 1. The molecule has 1 aromatic carbocycles. The van der Waals surface area contributed by atoms with Crippen LogP contribution in [-0.2, 0) is 14.4 Å². The van der Waals surface area contributed by atoms with Crippen LogP contribution in [0.1, 0.15) is 48.6 Å². The molecular formula is C26H28N2O5S2. The molecule has 1 aromatic heterocycles. The molecule has 4 aliphatic rings. The largest absolute Gasteiger partial charge is 0.480 e. The van der Waals surface area contributed by atoms with Gasteiger partial charge >= 0.3 is 10.8 Å². The van der Waals surface area contributed by atoms with Crippen molar-refractivity contribution in [2.75, 3.05) is 0 Å². The monoisotopic (exact) mass is 512 g/mol. The molecule has 0 radical (unpaired) electrons. The predicted octanol–water partition coefficient (Wildman–Crippen LogP) is 3.72. The number of likely N-dealkylation sites (tertiary alicyclic amines) is 1. The van der Waals surface area contributed by atoms with Crippen molar-refractivity contribution in [3.63, 3.8) is 0 Å². The number of aromatic amines is 1. The van der Waals surface area contributed by atoms with Gasteiger partial charge in [0.25, 0.3) is 0 Å². The topological polar surface area (TPSA) is 108 Å². The highest BCUT2D eigenvalue weighted by atomic mass is 32.2. The lowest BCUT2D eigenvalue weighted by Crippen LogP contribution is -2.47. The Bertz CT molecular complexity index is 1280. The number of rotatable bonds is 5. The number of aromatic nitrogens is 1. The molecule has 1 saturated heterocycles. The number of fused-ring (bicyclic) bond motifs is 9. The van der Waals surface area contributed by atoms with Gasteiger partial charge in [-0.2, -0.15) is 0 Å². The minimum absolute atomic E-state index is 0.000514. The normalized spacial score (nSPS) is 33.7. The first-order valence-corrected chi connectivity index (χ1v) is 13.9. The molecule has 8 atom stereocenters. The van der Waals surface area contributed by atoms with Crippen LogP contribution >= 0.6 is 23.1 Å². The van der Waals surface area contributed by atoms with Gasteiger partial charge in [0, 0.05) is 16.0 Å². The second kappa shape index (κ2) is 8.06. The molecule has 6 rings (SSSR count). The van der Waals surface area contributed by atoms with Gasteiger partial charge in [-0.3, -0.25) is 19.3 Å². The lowest BCUT2D eigenvalue weighted by molar-refractivity contribution is -0.156. The van der Waals surface area contributed by atoms with E-state index in [2.05, 4.69) is 29.2 Å². The Morgan fingerprint density at radius 2 is 1.77 bits per heavy atom. The van der Waals surface area contributed by atoms with E-state index in [0.29, 0.717) is 0 Å². The Kier molecular flexibility index (Phi) is 5.31. The number of carbonyl (C=O) groups excluding carboxylic acids is 2. The predicted molar refractivity (Wildman–Crippen MR) is 132 cm³/mol. The minimum Gasteiger partial charge on any atom is -0.480 e. The van der Waals surface area contributed by atoms with Crippen LogP contribution in [0, 0.1) is 42.4 Å². The molecule has 7 nitrogen and oxygen atoms in total. The summed E-state index contributed by atoms with van der Waals surface area (Å²) in [6.07, 6.45) is 1.06. The highest BCUT2D eigenvalue weighted by molar-refractivity contribution is 8.00. The van der Waals surface area contributed by atoms with Gasteiger partial charge in [-0.25, -0.2) is 4.79 Å². The molecule has 184 valence electrons. The molecule has 2 saturated carbocycles. The quantitative estimate of drug-likeness (QED) is 0.592. The van der Waals surface area contributed by atoms with Gasteiger partial charge in [0.05, 0.1) is 16.9 Å². The average Bonchev–Trinajstić information content (AvgIpc) is 3.52. The third kappa shape index (κ3) is 3.30. The summed E-state index contributed by atoms with van der Waals surface area (Å²) in [4.78, 5) is 56.8. The third-order valence-corrected chi connectivity index (χ3v) is 11.1. The zero-order valence-corrected chi connectivity index (χ0v) is 21.4. The van der Waals surface area contributed by atoms with Crippen LogP contribution in [-0.4, -0.2) is 44.1 Å². The number of hydrogen-bond donors (Lipinski definition) is 2. The zero-order chi connectivity index (χ0) is 24.8. The molecule has 3 fully saturated rings. The smallest absolute Gasteiger partial charge is 0.326 e. The van der Waals surface area contributed by atoms with Gasteiger partial charge < -0.3 is 10.1 Å². The van der Waals surface area contributed by atoms with Crippen molar-refractivity contribution in [1.82, 2.24) is 9.88 Å². The van der Waals surface area contributed by atoms with E-state index in [9.17, 15) is 24.3 Å². The fourth-order valence-electron chi connectivity index (χ4n) is 7.26. The Hall–Kier alpha value is -2.39. The van der Waals surface area contributed by atoms with Crippen molar-refractivity contribution in [1.29, 1.82) is 0 Å². The van der Waals surface area contributed by atoms with Crippen LogP contribution in [0.2, 0.25) is 0 Å². The van der Waals surface area contributed by atoms with Gasteiger partial charge in [0.1, 0.15) is 6.04 Å². The van der Waals surface area contributed by atoms with E-state index in [1.54, 1.807) is 11.8 Å². The third-order valence-electron chi connectivity index (χ3n) is 8.49. The maximum Gasteiger partial charge on any atom is 0.326 e. The standard InChI is InChI=1S/C26H28N2O5S2/c1-10(2)8-15(25(31)32)28-23(29)18-13-9-14(19(18)24(28)30)20-17(13)16(12-6-4-11(3)5-7-12)21-22(34-20)27-26(33)35-21/h4-7,10,13-20H,8-9H2,1-3H3,(H,27,33)(H,31,32)/t13-,14-,15+,16-,17-,18+,19+,20-/m1/s1. The number of benzene rings is 1. The molecule has 0 unspecified atom stereocenters. The molecule has 9 heteroatoms. The summed E-state index contributed by atoms with van der Waals surface area (Å²) < 4.78 is 0. The summed E-state index contributed by atoms with van der Waals surface area (Å²) in [6.45, 7) is 5.85. The molecule has 2 N–H and O–H groups in total. The van der Waals surface area contributed by atoms with Gasteiger partial charge in [-0.05, 0) is 49.0 Å². The van der Waals surface area contributed by atoms with Crippen molar-refractivity contribution in [2.24, 2.45) is 35.5 Å². The number of carboxylic acid groups (broad SMARTS) is 1. The summed E-state index contributed by atoms with van der Waals surface area (Å²) in [6, 6.07) is 7.27. The minimum atomic E-state index is -1.11. The average molecular weight is 513 g/mol. The van der Waals surface area contributed by atoms with Crippen molar-refractivity contribution in [3.05, 3.63) is 49.9 Å². The van der Waals surface area contributed by atoms with Crippen LogP contribution in [0.3, 0.4) is 0 Å². The Morgan fingerprint density at radius 3 is 2.40 bits per heavy atom. The molecule has 2 aliphatic heterocycles. The molecule has 35 heavy (non-hydrogen) atoms. The van der Waals surface area contributed by atoms with E-state index >= 15 is 0 Å². The molecular weight excluding hydrogens is 484 g/mol. The number of nitrogens with one attached hydrogen (secondary N) is 1. The molecule has 3 heterocycles. The Labute approximate surface area is 211 Å². The summed E-state index contributed by atoms with van der Waals surface area (Å²) in [7, 11) is 0. The second-order valence-electron chi connectivity index (χ2n) is 10.9. The number of imide groups is 1. The van der Waals surface area contributed by atoms with Gasteiger partial charge in [-0.15, -0.1) is 11.8 Å². The van der Waals surface area contributed by atoms with E-state index in [-0.39, 0.29) is 57.9 Å². The van der Waals surface area contributed by atoms with E-state index in [1.807, 2.05) is 20.8 Å². The van der Waals surface area contributed by atoms with E-state index in [1.165, 1.54) is 11.3 Å². The van der Waals surface area contributed by atoms with Crippen molar-refractivity contribution >= 4 is 40.9 Å². The fourth-order valence-corrected chi connectivity index (χ4v) is 10.1. The first-order chi connectivity index (χ1) is 16.7. The highest BCUT2D eigenvalue weighted by Gasteiger charge is 2.70. The van der Waals surface area contributed by atoms with Gasteiger partial charge in [-0.1, -0.05) is 55.0 Å². The number of carbonyl (C=O) groups is 3. The van der Waals surface area contributed by atoms with E-state index < -0.39 is 23.8 Å². The number of H-pyrrole nitrogens is 1. The number of thioether (sulfide) groups is 1. The van der Waals surface area contributed by atoms with Crippen LogP contribution in [0.4, 0.5) is 0 Å². The number of amides is 2. The van der Waals surface area contributed by atoms with Crippen molar-refractivity contribution in [2.45, 2.75) is 55.8 Å². The maximum absolute atomic E-state index is 13.7. The second-order valence-corrected chi connectivity index (χ2v) is 13.1. The van der Waals surface area contributed by atoms with Crippen molar-refractivity contribution < 1.29 is 19.5 Å². The summed E-state index contributed by atoms with van der Waals surface area (Å²) >= 11 is 2.89.